The standard InChI is InChI=1S/C18H17NO2/c1-21-17-6-4-5-15(13-17)14-8-10-16(11-9-14)19-12-3-2-7-18(19)20/h2,4-11,13H,3,12H2,1H3. The molecule has 1 aliphatic heterocycles. The zero-order valence-corrected chi connectivity index (χ0v) is 12.0. The number of carbonyl (C=O) groups excluding carboxylic acids is 1. The van der Waals surface area contributed by atoms with Crippen LogP contribution in [0.25, 0.3) is 11.1 Å². The summed E-state index contributed by atoms with van der Waals surface area (Å²) in [4.78, 5) is 13.7. The second-order valence-electron chi connectivity index (χ2n) is 4.96. The molecule has 0 saturated carbocycles. The molecule has 1 amide bonds. The summed E-state index contributed by atoms with van der Waals surface area (Å²) >= 11 is 0. The number of nitrogens with zero attached hydrogens (tertiary/aromatic N) is 1. The lowest BCUT2D eigenvalue weighted by Gasteiger charge is -2.23. The van der Waals surface area contributed by atoms with E-state index in [1.807, 2.05) is 54.6 Å². The van der Waals surface area contributed by atoms with Gasteiger partial charge in [-0.25, -0.2) is 0 Å². The molecule has 0 atom stereocenters. The van der Waals surface area contributed by atoms with Gasteiger partial charge in [0.1, 0.15) is 5.75 Å². The maximum Gasteiger partial charge on any atom is 0.250 e. The third-order valence-corrected chi connectivity index (χ3v) is 3.63. The molecule has 1 aliphatic rings. The lowest BCUT2D eigenvalue weighted by atomic mass is 10.0. The van der Waals surface area contributed by atoms with E-state index in [1.54, 1.807) is 18.1 Å². The molecule has 21 heavy (non-hydrogen) atoms. The largest absolute Gasteiger partial charge is 0.497 e. The number of carbonyl (C=O) groups is 1. The molecular weight excluding hydrogens is 262 g/mol. The van der Waals surface area contributed by atoms with Crippen molar-refractivity contribution in [3.05, 3.63) is 60.7 Å². The summed E-state index contributed by atoms with van der Waals surface area (Å²) in [6, 6.07) is 16.0. The van der Waals surface area contributed by atoms with Crippen LogP contribution in [0.4, 0.5) is 5.69 Å². The first-order chi connectivity index (χ1) is 10.3. The Morgan fingerprint density at radius 1 is 1.05 bits per heavy atom. The Balaban J connectivity index is 1.86. The molecule has 0 fully saturated rings. The number of benzene rings is 2. The van der Waals surface area contributed by atoms with Crippen LogP contribution < -0.4 is 9.64 Å². The Morgan fingerprint density at radius 3 is 2.57 bits per heavy atom. The molecule has 0 saturated heterocycles. The Hall–Kier alpha value is -2.55. The summed E-state index contributed by atoms with van der Waals surface area (Å²) in [7, 11) is 1.66. The zero-order chi connectivity index (χ0) is 14.7. The highest BCUT2D eigenvalue weighted by Gasteiger charge is 2.15. The number of hydrogen-bond acceptors (Lipinski definition) is 2. The van der Waals surface area contributed by atoms with E-state index in [9.17, 15) is 4.79 Å². The Kier molecular flexibility index (Phi) is 3.73. The number of hydrogen-bond donors (Lipinski definition) is 0. The smallest absolute Gasteiger partial charge is 0.250 e. The van der Waals surface area contributed by atoms with E-state index in [1.165, 1.54) is 0 Å². The highest BCUT2D eigenvalue weighted by Crippen LogP contribution is 2.26. The Bertz CT molecular complexity index is 674. The number of ether oxygens (including phenoxy) is 1. The average molecular weight is 279 g/mol. The second kappa shape index (κ2) is 5.83. The summed E-state index contributed by atoms with van der Waals surface area (Å²) in [5, 5.41) is 0. The quantitative estimate of drug-likeness (QED) is 0.858. The van der Waals surface area contributed by atoms with Crippen LogP contribution in [0, 0.1) is 0 Å². The number of anilines is 1. The van der Waals surface area contributed by atoms with Gasteiger partial charge in [-0.15, -0.1) is 0 Å². The normalized spacial score (nSPS) is 14.3. The molecule has 2 aromatic carbocycles. The summed E-state index contributed by atoms with van der Waals surface area (Å²) < 4.78 is 5.25. The Labute approximate surface area is 124 Å². The molecule has 3 rings (SSSR count). The van der Waals surface area contributed by atoms with Crippen molar-refractivity contribution < 1.29 is 9.53 Å². The molecule has 0 unspecified atom stereocenters. The van der Waals surface area contributed by atoms with Gasteiger partial charge in [-0.2, -0.15) is 0 Å². The average Bonchev–Trinajstić information content (AvgIpc) is 2.56. The number of methoxy groups -OCH3 is 1. The number of rotatable bonds is 3. The van der Waals surface area contributed by atoms with Crippen LogP contribution in [-0.4, -0.2) is 19.6 Å². The van der Waals surface area contributed by atoms with Gasteiger partial charge in [-0.1, -0.05) is 30.3 Å². The van der Waals surface area contributed by atoms with E-state index in [4.69, 9.17) is 4.74 Å². The highest BCUT2D eigenvalue weighted by molar-refractivity contribution is 6.02. The van der Waals surface area contributed by atoms with Crippen molar-refractivity contribution in [3.63, 3.8) is 0 Å². The van der Waals surface area contributed by atoms with Gasteiger partial charge in [0, 0.05) is 12.2 Å². The van der Waals surface area contributed by atoms with Crippen molar-refractivity contribution in [3.8, 4) is 16.9 Å². The van der Waals surface area contributed by atoms with Crippen molar-refractivity contribution in [1.29, 1.82) is 0 Å². The third-order valence-electron chi connectivity index (χ3n) is 3.63. The van der Waals surface area contributed by atoms with E-state index in [0.29, 0.717) is 0 Å². The second-order valence-corrected chi connectivity index (χ2v) is 4.96. The first-order valence-corrected chi connectivity index (χ1v) is 7.00. The van der Waals surface area contributed by atoms with Crippen molar-refractivity contribution in [2.24, 2.45) is 0 Å². The molecule has 0 spiro atoms. The molecule has 0 aliphatic carbocycles. The van der Waals surface area contributed by atoms with Crippen LogP contribution in [0.2, 0.25) is 0 Å². The van der Waals surface area contributed by atoms with E-state index < -0.39 is 0 Å². The zero-order valence-electron chi connectivity index (χ0n) is 12.0. The van der Waals surface area contributed by atoms with Gasteiger partial charge in [-0.3, -0.25) is 4.79 Å². The van der Waals surface area contributed by atoms with Crippen molar-refractivity contribution >= 4 is 11.6 Å². The Morgan fingerprint density at radius 2 is 1.86 bits per heavy atom. The summed E-state index contributed by atoms with van der Waals surface area (Å²) in [5.74, 6) is 0.892. The van der Waals surface area contributed by atoms with Crippen LogP contribution in [-0.2, 0) is 4.79 Å². The van der Waals surface area contributed by atoms with Crippen LogP contribution in [0.1, 0.15) is 6.42 Å². The monoisotopic (exact) mass is 279 g/mol. The summed E-state index contributed by atoms with van der Waals surface area (Å²) in [6.07, 6.45) is 4.46. The first kappa shape index (κ1) is 13.4. The highest BCUT2D eigenvalue weighted by atomic mass is 16.5. The summed E-state index contributed by atoms with van der Waals surface area (Å²) in [6.45, 7) is 0.744. The summed E-state index contributed by atoms with van der Waals surface area (Å²) in [5.41, 5.74) is 3.15. The van der Waals surface area contributed by atoms with Gasteiger partial charge in [0.05, 0.1) is 7.11 Å². The fraction of sp³-hybridized carbons (Fsp3) is 0.167. The van der Waals surface area contributed by atoms with Crippen LogP contribution in [0.15, 0.2) is 60.7 Å². The van der Waals surface area contributed by atoms with E-state index in [2.05, 4.69) is 0 Å². The molecule has 3 nitrogen and oxygen atoms in total. The van der Waals surface area contributed by atoms with Crippen molar-refractivity contribution in [2.75, 3.05) is 18.6 Å². The molecule has 2 aromatic rings. The lowest BCUT2D eigenvalue weighted by molar-refractivity contribution is -0.114. The minimum absolute atomic E-state index is 0.0513. The van der Waals surface area contributed by atoms with Crippen molar-refractivity contribution in [1.82, 2.24) is 0 Å². The molecule has 106 valence electrons. The maximum atomic E-state index is 11.9. The molecule has 0 aromatic heterocycles. The van der Waals surface area contributed by atoms with Crippen LogP contribution in [0.5, 0.6) is 5.75 Å². The van der Waals surface area contributed by atoms with E-state index in [-0.39, 0.29) is 5.91 Å². The predicted molar refractivity (Wildman–Crippen MR) is 84.5 cm³/mol. The van der Waals surface area contributed by atoms with Gasteiger partial charge in [-0.05, 0) is 47.9 Å². The molecule has 1 heterocycles. The topological polar surface area (TPSA) is 29.5 Å². The maximum absolute atomic E-state index is 11.9. The van der Waals surface area contributed by atoms with E-state index in [0.717, 1.165) is 35.5 Å². The van der Waals surface area contributed by atoms with E-state index >= 15 is 0 Å². The fourth-order valence-corrected chi connectivity index (χ4v) is 2.48. The predicted octanol–water partition coefficient (Wildman–Crippen LogP) is 3.66. The number of amides is 1. The molecular formula is C18H17NO2. The first-order valence-electron chi connectivity index (χ1n) is 7.00. The minimum Gasteiger partial charge on any atom is -0.497 e. The van der Waals surface area contributed by atoms with Gasteiger partial charge >= 0.3 is 0 Å². The van der Waals surface area contributed by atoms with Gasteiger partial charge < -0.3 is 9.64 Å². The van der Waals surface area contributed by atoms with Gasteiger partial charge in [0.15, 0.2) is 0 Å². The molecule has 3 heteroatoms. The molecule has 0 radical (unpaired) electrons. The molecule has 0 N–H and O–H groups in total. The van der Waals surface area contributed by atoms with Crippen LogP contribution in [0.3, 0.4) is 0 Å². The lowest BCUT2D eigenvalue weighted by Crippen LogP contribution is -2.32. The molecule has 0 bridgehead atoms. The van der Waals surface area contributed by atoms with Crippen molar-refractivity contribution in [2.45, 2.75) is 6.42 Å². The fourth-order valence-electron chi connectivity index (χ4n) is 2.48. The SMILES string of the molecule is COc1cccc(-c2ccc(N3CCC=CC3=O)cc2)c1. The third kappa shape index (κ3) is 2.82. The van der Waals surface area contributed by atoms with Gasteiger partial charge in [0.2, 0.25) is 0 Å². The van der Waals surface area contributed by atoms with Crippen LogP contribution >= 0.6 is 0 Å². The van der Waals surface area contributed by atoms with Gasteiger partial charge in [0.25, 0.3) is 5.91 Å². The minimum atomic E-state index is 0.0513.